The predicted octanol–water partition coefficient (Wildman–Crippen LogP) is 1.91. The Balaban J connectivity index is 0.000000671. The van der Waals surface area contributed by atoms with Crippen LogP contribution in [0.2, 0.25) is 0 Å². The third kappa shape index (κ3) is 3.36. The van der Waals surface area contributed by atoms with Gasteiger partial charge in [0, 0.05) is 5.92 Å². The van der Waals surface area contributed by atoms with Crippen molar-refractivity contribution in [1.82, 2.24) is 14.8 Å². The highest BCUT2D eigenvalue weighted by Gasteiger charge is 2.10. The van der Waals surface area contributed by atoms with E-state index in [1.807, 2.05) is 27.7 Å². The smallest absolute Gasteiger partial charge is 0.250 e. The molecule has 1 aromatic heterocycles. The molecule has 0 aliphatic heterocycles. The van der Waals surface area contributed by atoms with Crippen molar-refractivity contribution in [3.63, 3.8) is 0 Å². The van der Waals surface area contributed by atoms with Crippen LogP contribution in [0.4, 0.5) is 0 Å². The maximum atomic E-state index is 11.2. The summed E-state index contributed by atoms with van der Waals surface area (Å²) in [6.45, 7) is 9.42. The Morgan fingerprint density at radius 1 is 1.46 bits per heavy atom. The lowest BCUT2D eigenvalue weighted by Crippen LogP contribution is -2.17. The predicted molar refractivity (Wildman–Crippen MR) is 51.6 cm³/mol. The Morgan fingerprint density at radius 2 is 2.00 bits per heavy atom. The highest BCUT2D eigenvalue weighted by atomic mass is 16.2. The fraction of sp³-hybridized carbons (Fsp3) is 0.667. The van der Waals surface area contributed by atoms with Gasteiger partial charge in [0.1, 0.15) is 12.2 Å². The summed E-state index contributed by atoms with van der Waals surface area (Å²) >= 11 is 0. The molecule has 4 nitrogen and oxygen atoms in total. The summed E-state index contributed by atoms with van der Waals surface area (Å²) in [5.41, 5.74) is 0. The molecular formula is C9H17N3O. The van der Waals surface area contributed by atoms with Gasteiger partial charge in [-0.1, -0.05) is 27.7 Å². The number of rotatable bonds is 1. The molecule has 0 amide bonds. The molecule has 0 aliphatic rings. The van der Waals surface area contributed by atoms with Crippen molar-refractivity contribution in [2.75, 3.05) is 0 Å². The summed E-state index contributed by atoms with van der Waals surface area (Å²) in [5, 5.41) is 3.89. The van der Waals surface area contributed by atoms with Crippen molar-refractivity contribution in [2.24, 2.45) is 5.92 Å². The van der Waals surface area contributed by atoms with Gasteiger partial charge in [0.25, 0.3) is 5.91 Å². The number of hydrogen-bond donors (Lipinski definition) is 0. The maximum Gasteiger partial charge on any atom is 0.250 e. The minimum atomic E-state index is -0.0314. The summed E-state index contributed by atoms with van der Waals surface area (Å²) in [4.78, 5) is 15.1. The molecule has 1 aromatic rings. The van der Waals surface area contributed by atoms with Crippen LogP contribution < -0.4 is 0 Å². The zero-order valence-electron chi connectivity index (χ0n) is 8.90. The summed E-state index contributed by atoms with van der Waals surface area (Å²) in [5.74, 6) is 0.570. The molecular weight excluding hydrogens is 166 g/mol. The summed E-state index contributed by atoms with van der Waals surface area (Å²) in [7, 11) is 0. The van der Waals surface area contributed by atoms with Crippen LogP contribution in [-0.4, -0.2) is 20.7 Å². The molecule has 0 aromatic carbocycles. The number of hydrogen-bond acceptors (Lipinski definition) is 3. The SMILES string of the molecule is CC.Cc1ncn(C(=O)C(C)C)n1. The average molecular weight is 183 g/mol. The van der Waals surface area contributed by atoms with Crippen LogP contribution in [0.5, 0.6) is 0 Å². The first-order valence-electron chi connectivity index (χ1n) is 4.53. The van der Waals surface area contributed by atoms with Gasteiger partial charge < -0.3 is 0 Å². The average Bonchev–Trinajstić information content (AvgIpc) is 2.54. The lowest BCUT2D eigenvalue weighted by molar-refractivity contribution is 0.0837. The van der Waals surface area contributed by atoms with Crippen molar-refractivity contribution in [3.05, 3.63) is 12.2 Å². The van der Waals surface area contributed by atoms with E-state index in [4.69, 9.17) is 0 Å². The van der Waals surface area contributed by atoms with Crippen molar-refractivity contribution < 1.29 is 4.79 Å². The number of nitrogens with zero attached hydrogens (tertiary/aromatic N) is 3. The molecule has 0 N–H and O–H groups in total. The van der Waals surface area contributed by atoms with Gasteiger partial charge in [-0.2, -0.15) is 4.68 Å². The molecule has 0 fully saturated rings. The minimum absolute atomic E-state index is 0.0226. The number of aryl methyl sites for hydroxylation is 1. The quantitative estimate of drug-likeness (QED) is 0.668. The molecule has 0 unspecified atom stereocenters. The highest BCUT2D eigenvalue weighted by molar-refractivity contribution is 5.79. The van der Waals surface area contributed by atoms with E-state index in [9.17, 15) is 4.79 Å². The van der Waals surface area contributed by atoms with Crippen LogP contribution in [0.1, 0.15) is 38.3 Å². The Labute approximate surface area is 79.0 Å². The van der Waals surface area contributed by atoms with E-state index in [1.54, 1.807) is 6.92 Å². The van der Waals surface area contributed by atoms with E-state index in [1.165, 1.54) is 11.0 Å². The zero-order valence-corrected chi connectivity index (χ0v) is 8.90. The first-order valence-corrected chi connectivity index (χ1v) is 4.53. The second-order valence-corrected chi connectivity index (χ2v) is 2.73. The number of carbonyl (C=O) groups is 1. The molecule has 0 atom stereocenters. The minimum Gasteiger partial charge on any atom is -0.272 e. The van der Waals surface area contributed by atoms with Crippen molar-refractivity contribution in [1.29, 1.82) is 0 Å². The monoisotopic (exact) mass is 183 g/mol. The van der Waals surface area contributed by atoms with Crippen LogP contribution in [0.15, 0.2) is 6.33 Å². The zero-order chi connectivity index (χ0) is 10.4. The van der Waals surface area contributed by atoms with Gasteiger partial charge in [-0.25, -0.2) is 4.98 Å². The van der Waals surface area contributed by atoms with Gasteiger partial charge in [-0.05, 0) is 6.92 Å². The van der Waals surface area contributed by atoms with Crippen LogP contribution in [-0.2, 0) is 0 Å². The molecule has 0 aliphatic carbocycles. The lowest BCUT2D eigenvalue weighted by atomic mass is 10.2. The topological polar surface area (TPSA) is 47.8 Å². The van der Waals surface area contributed by atoms with E-state index in [2.05, 4.69) is 10.1 Å². The largest absolute Gasteiger partial charge is 0.272 e. The molecule has 4 heteroatoms. The van der Waals surface area contributed by atoms with Gasteiger partial charge in [0.2, 0.25) is 0 Å². The van der Waals surface area contributed by atoms with Gasteiger partial charge >= 0.3 is 0 Å². The van der Waals surface area contributed by atoms with Gasteiger partial charge in [0.15, 0.2) is 0 Å². The third-order valence-electron chi connectivity index (χ3n) is 1.33. The Kier molecular flexibility index (Phi) is 4.96. The normalized spacial score (nSPS) is 9.38. The molecule has 1 rings (SSSR count). The summed E-state index contributed by atoms with van der Waals surface area (Å²) in [6.07, 6.45) is 1.44. The molecule has 0 saturated carbocycles. The van der Waals surface area contributed by atoms with E-state index >= 15 is 0 Å². The van der Waals surface area contributed by atoms with Crippen LogP contribution in [0.3, 0.4) is 0 Å². The van der Waals surface area contributed by atoms with Crippen LogP contribution >= 0.6 is 0 Å². The van der Waals surface area contributed by atoms with E-state index in [-0.39, 0.29) is 11.8 Å². The summed E-state index contributed by atoms with van der Waals surface area (Å²) < 4.78 is 1.28. The molecule has 13 heavy (non-hydrogen) atoms. The molecule has 0 saturated heterocycles. The van der Waals surface area contributed by atoms with Gasteiger partial charge in [-0.3, -0.25) is 4.79 Å². The van der Waals surface area contributed by atoms with Crippen molar-refractivity contribution >= 4 is 5.91 Å². The maximum absolute atomic E-state index is 11.2. The van der Waals surface area contributed by atoms with Crippen molar-refractivity contribution in [2.45, 2.75) is 34.6 Å². The van der Waals surface area contributed by atoms with Crippen LogP contribution in [0, 0.1) is 12.8 Å². The van der Waals surface area contributed by atoms with E-state index in [0.29, 0.717) is 5.82 Å². The molecule has 74 valence electrons. The van der Waals surface area contributed by atoms with Gasteiger partial charge in [0.05, 0.1) is 0 Å². The first kappa shape index (κ1) is 11.8. The Bertz CT molecular complexity index is 266. The molecule has 0 bridgehead atoms. The fourth-order valence-corrected chi connectivity index (χ4v) is 0.717. The second-order valence-electron chi connectivity index (χ2n) is 2.73. The van der Waals surface area contributed by atoms with Crippen LogP contribution in [0.25, 0.3) is 0 Å². The standard InChI is InChI=1S/C7H11N3O.C2H6/c1-5(2)7(11)10-4-8-6(3)9-10;1-2/h4-5H,1-3H3;1-2H3. The first-order chi connectivity index (χ1) is 6.11. The molecule has 0 radical (unpaired) electrons. The van der Waals surface area contributed by atoms with Crippen molar-refractivity contribution in [3.8, 4) is 0 Å². The number of carbonyl (C=O) groups excluding carboxylic acids is 1. The molecule has 1 heterocycles. The fourth-order valence-electron chi connectivity index (χ4n) is 0.717. The van der Waals surface area contributed by atoms with Gasteiger partial charge in [-0.15, -0.1) is 5.10 Å². The second kappa shape index (κ2) is 5.45. The Morgan fingerprint density at radius 3 is 2.31 bits per heavy atom. The third-order valence-corrected chi connectivity index (χ3v) is 1.33. The van der Waals surface area contributed by atoms with E-state index in [0.717, 1.165) is 0 Å². The lowest BCUT2D eigenvalue weighted by Gasteiger charge is -2.00. The molecule has 0 spiro atoms. The number of aromatic nitrogens is 3. The van der Waals surface area contributed by atoms with E-state index < -0.39 is 0 Å². The summed E-state index contributed by atoms with van der Waals surface area (Å²) in [6, 6.07) is 0. The Hall–Kier alpha value is -1.19. The highest BCUT2D eigenvalue weighted by Crippen LogP contribution is 1.97.